The number of carbonyl (C=O) groups is 4. The number of amides is 2. The molecular formula is C18H25N3O9S. The number of carboxylic acid groups (broad SMARTS) is 2. The number of aliphatic hydroxyl groups excluding tert-OH is 1. The summed E-state index contributed by atoms with van der Waals surface area (Å²) in [6, 6.07) is 1.08. The summed E-state index contributed by atoms with van der Waals surface area (Å²) in [5.41, 5.74) is 5.52. The molecule has 8 N–H and O–H groups in total. The van der Waals surface area contributed by atoms with Crippen molar-refractivity contribution in [1.29, 1.82) is 0 Å². The summed E-state index contributed by atoms with van der Waals surface area (Å²) in [6.07, 6.45) is -2.85. The summed E-state index contributed by atoms with van der Waals surface area (Å²) in [4.78, 5) is 47.3. The first-order valence-corrected chi connectivity index (χ1v) is 9.72. The second-order valence-electron chi connectivity index (χ2n) is 6.59. The fraction of sp³-hybridized carbons (Fsp3) is 0.444. The zero-order valence-corrected chi connectivity index (χ0v) is 17.2. The molecule has 0 aliphatic heterocycles. The molecule has 13 heteroatoms. The van der Waals surface area contributed by atoms with Gasteiger partial charge in [0.1, 0.15) is 23.6 Å². The molecule has 1 aromatic carbocycles. The maximum Gasteiger partial charge on any atom is 0.354 e. The molecule has 3 atom stereocenters. The topological polar surface area (TPSA) is 211 Å². The number of carbonyl (C=O) groups excluding carboxylic acids is 2. The normalized spacial score (nSPS) is 13.6. The lowest BCUT2D eigenvalue weighted by atomic mass is 10.1. The molecule has 12 nitrogen and oxygen atoms in total. The van der Waals surface area contributed by atoms with Crippen molar-refractivity contribution in [2.24, 2.45) is 5.73 Å². The van der Waals surface area contributed by atoms with Crippen molar-refractivity contribution >= 4 is 36.4 Å². The molecule has 0 heterocycles. The third kappa shape index (κ3) is 7.96. The van der Waals surface area contributed by atoms with Crippen molar-refractivity contribution in [3.05, 3.63) is 23.8 Å². The van der Waals surface area contributed by atoms with Crippen LogP contribution in [0.15, 0.2) is 18.2 Å². The van der Waals surface area contributed by atoms with Crippen molar-refractivity contribution in [3.8, 4) is 11.5 Å². The quantitative estimate of drug-likeness (QED) is 0.103. The van der Waals surface area contributed by atoms with E-state index in [-0.39, 0.29) is 48.6 Å². The molecule has 0 saturated carbocycles. The van der Waals surface area contributed by atoms with E-state index in [0.717, 1.165) is 0 Å². The number of benzene rings is 1. The number of aliphatic carboxylic acids is 2. The van der Waals surface area contributed by atoms with Crippen LogP contribution in [0.1, 0.15) is 18.4 Å². The molecule has 0 aliphatic rings. The van der Waals surface area contributed by atoms with Gasteiger partial charge in [-0.25, -0.2) is 4.79 Å². The maximum atomic E-state index is 12.8. The van der Waals surface area contributed by atoms with Crippen molar-refractivity contribution < 1.29 is 44.7 Å². The van der Waals surface area contributed by atoms with E-state index in [9.17, 15) is 34.5 Å². The number of thiol groups is 1. The van der Waals surface area contributed by atoms with Crippen LogP contribution in [0.3, 0.4) is 0 Å². The summed E-state index contributed by atoms with van der Waals surface area (Å²) in [5.74, 6) is -5.28. The smallest absolute Gasteiger partial charge is 0.354 e. The number of hydrogen-bond acceptors (Lipinski definition) is 9. The monoisotopic (exact) mass is 459 g/mol. The van der Waals surface area contributed by atoms with Crippen molar-refractivity contribution in [2.45, 2.75) is 37.6 Å². The van der Waals surface area contributed by atoms with E-state index < -0.39 is 42.1 Å². The lowest BCUT2D eigenvalue weighted by Gasteiger charge is -2.29. The molecule has 0 aromatic heterocycles. The largest absolute Gasteiger partial charge is 0.508 e. The molecule has 0 aliphatic carbocycles. The number of aliphatic hydroxyl groups is 1. The molecule has 1 aromatic rings. The Hall–Kier alpha value is -3.03. The van der Waals surface area contributed by atoms with Gasteiger partial charge in [0, 0.05) is 18.7 Å². The Morgan fingerprint density at radius 1 is 1.13 bits per heavy atom. The van der Waals surface area contributed by atoms with E-state index in [1.165, 1.54) is 18.2 Å². The van der Waals surface area contributed by atoms with Crippen molar-refractivity contribution in [2.75, 3.05) is 12.3 Å². The third-order valence-electron chi connectivity index (χ3n) is 4.30. The highest BCUT2D eigenvalue weighted by Crippen LogP contribution is 2.23. The van der Waals surface area contributed by atoms with E-state index in [4.69, 9.17) is 15.9 Å². The van der Waals surface area contributed by atoms with Gasteiger partial charge in [-0.2, -0.15) is 12.6 Å². The van der Waals surface area contributed by atoms with Crippen LogP contribution in [-0.2, 0) is 25.6 Å². The summed E-state index contributed by atoms with van der Waals surface area (Å²) in [6.45, 7) is -0.368. The molecule has 0 bridgehead atoms. The van der Waals surface area contributed by atoms with Gasteiger partial charge in [0.05, 0.1) is 0 Å². The minimum Gasteiger partial charge on any atom is -0.508 e. The summed E-state index contributed by atoms with van der Waals surface area (Å²) in [7, 11) is 0. The van der Waals surface area contributed by atoms with Gasteiger partial charge in [-0.1, -0.05) is 0 Å². The molecule has 0 fully saturated rings. The Labute approximate surface area is 182 Å². The van der Waals surface area contributed by atoms with E-state index in [1.54, 1.807) is 0 Å². The second kappa shape index (κ2) is 12.0. The van der Waals surface area contributed by atoms with Crippen LogP contribution in [0.2, 0.25) is 0 Å². The first-order chi connectivity index (χ1) is 14.5. The van der Waals surface area contributed by atoms with E-state index in [0.29, 0.717) is 4.90 Å². The number of nitrogens with one attached hydrogen (secondary N) is 1. The van der Waals surface area contributed by atoms with Gasteiger partial charge in [0.25, 0.3) is 0 Å². The van der Waals surface area contributed by atoms with Crippen LogP contribution in [0.25, 0.3) is 0 Å². The van der Waals surface area contributed by atoms with Crippen LogP contribution < -0.4 is 11.1 Å². The van der Waals surface area contributed by atoms with Crippen LogP contribution in [0.4, 0.5) is 0 Å². The van der Waals surface area contributed by atoms with Gasteiger partial charge in [-0.3, -0.25) is 14.4 Å². The van der Waals surface area contributed by atoms with Gasteiger partial charge in [-0.05, 0) is 36.6 Å². The van der Waals surface area contributed by atoms with Crippen LogP contribution in [-0.4, -0.2) is 84.8 Å². The molecular weight excluding hydrogens is 434 g/mol. The first kappa shape index (κ1) is 26.0. The van der Waals surface area contributed by atoms with Crippen LogP contribution in [0.5, 0.6) is 11.5 Å². The number of phenolic OH excluding ortho intramolecular Hbond substituents is 2. The number of phenols is 2. The predicted molar refractivity (Wildman–Crippen MR) is 109 cm³/mol. The van der Waals surface area contributed by atoms with E-state index in [1.807, 2.05) is 0 Å². The van der Waals surface area contributed by atoms with Gasteiger partial charge >= 0.3 is 11.9 Å². The summed E-state index contributed by atoms with van der Waals surface area (Å²) in [5, 5.41) is 49.5. The number of nitrogens with zero attached hydrogens (tertiary/aromatic N) is 1. The van der Waals surface area contributed by atoms with Crippen LogP contribution in [0, 0.1) is 0 Å². The Morgan fingerprint density at radius 2 is 1.77 bits per heavy atom. The fourth-order valence-electron chi connectivity index (χ4n) is 2.56. The highest BCUT2D eigenvalue weighted by atomic mass is 32.1. The molecule has 0 spiro atoms. The maximum absolute atomic E-state index is 12.8. The molecule has 0 radical (unpaired) electrons. The summed E-state index contributed by atoms with van der Waals surface area (Å²) < 4.78 is 0. The minimum absolute atomic E-state index is 0.114. The molecule has 172 valence electrons. The van der Waals surface area contributed by atoms with Gasteiger partial charge in [0.15, 0.2) is 0 Å². The zero-order valence-electron chi connectivity index (χ0n) is 16.3. The average Bonchev–Trinajstić information content (AvgIpc) is 2.71. The standard InChI is InChI=1S/C18H25N3O9S/c19-11(17(27)28)2-4-14(24)20-12(8-31)15(25)21(16(26)18(29)30)6-5-9-7-10(22)1-3-13(9)23/h1,3,7,11-12,16,22-23,26,31H,2,4-6,8,19H2,(H,20,24)(H,27,28)(H,29,30). The Kier molecular flexibility index (Phi) is 10.0. The van der Waals surface area contributed by atoms with E-state index >= 15 is 0 Å². The average molecular weight is 459 g/mol. The Balaban J connectivity index is 2.91. The van der Waals surface area contributed by atoms with E-state index in [2.05, 4.69) is 17.9 Å². The van der Waals surface area contributed by atoms with Crippen molar-refractivity contribution in [1.82, 2.24) is 10.2 Å². The molecule has 1 rings (SSSR count). The first-order valence-electron chi connectivity index (χ1n) is 9.08. The number of aromatic hydroxyl groups is 2. The minimum atomic E-state index is -2.24. The van der Waals surface area contributed by atoms with Crippen molar-refractivity contribution in [3.63, 3.8) is 0 Å². The Morgan fingerprint density at radius 3 is 2.32 bits per heavy atom. The zero-order chi connectivity index (χ0) is 23.7. The lowest BCUT2D eigenvalue weighted by molar-refractivity contribution is -0.166. The number of carboxylic acids is 2. The van der Waals surface area contributed by atoms with Gasteiger partial charge < -0.3 is 41.5 Å². The number of hydrogen-bond donors (Lipinski definition) is 8. The molecule has 0 saturated heterocycles. The fourth-order valence-corrected chi connectivity index (χ4v) is 2.81. The molecule has 3 unspecified atom stereocenters. The van der Waals surface area contributed by atoms with Gasteiger partial charge in [0.2, 0.25) is 18.0 Å². The highest BCUT2D eigenvalue weighted by Gasteiger charge is 2.32. The predicted octanol–water partition coefficient (Wildman–Crippen LogP) is -1.52. The number of rotatable bonds is 12. The lowest BCUT2D eigenvalue weighted by Crippen LogP contribution is -2.55. The number of nitrogens with two attached hydrogens (primary N) is 1. The molecule has 31 heavy (non-hydrogen) atoms. The molecule has 2 amide bonds. The van der Waals surface area contributed by atoms with Crippen LogP contribution >= 0.6 is 12.6 Å². The second-order valence-corrected chi connectivity index (χ2v) is 6.96. The summed E-state index contributed by atoms with van der Waals surface area (Å²) >= 11 is 3.97. The Bertz CT molecular complexity index is 820. The third-order valence-corrected chi connectivity index (χ3v) is 4.66. The highest BCUT2D eigenvalue weighted by molar-refractivity contribution is 7.80. The SMILES string of the molecule is NC(CCC(=O)NC(CS)C(=O)N(CCc1cc(O)ccc1O)C(O)C(=O)O)C(=O)O. The van der Waals surface area contributed by atoms with Gasteiger partial charge in [-0.15, -0.1) is 0 Å².